The van der Waals surface area contributed by atoms with Gasteiger partial charge in [-0.05, 0) is 19.1 Å². The second-order valence-corrected chi connectivity index (χ2v) is 5.83. The SMILES string of the molecule is Cc1ccc(C(=O)NCCNC(=O)c2n[nH]c3c2CNCC3)cc1.Cl. The predicted molar refractivity (Wildman–Crippen MR) is 97.1 cm³/mol. The number of H-pyrrole nitrogens is 1. The molecule has 1 aliphatic heterocycles. The van der Waals surface area contributed by atoms with E-state index < -0.39 is 0 Å². The van der Waals surface area contributed by atoms with Crippen LogP contribution in [0.4, 0.5) is 0 Å². The van der Waals surface area contributed by atoms with Crippen molar-refractivity contribution >= 4 is 24.2 Å². The normalized spacial score (nSPS) is 12.7. The standard InChI is InChI=1S/C17H21N5O2.ClH/c1-11-2-4-12(5-3-11)16(23)19-8-9-20-17(24)15-13-10-18-7-6-14(13)21-22-15;/h2-5,18H,6-10H2,1H3,(H,19,23)(H,20,24)(H,21,22);1H. The lowest BCUT2D eigenvalue weighted by atomic mass is 10.1. The van der Waals surface area contributed by atoms with Gasteiger partial charge in [-0.25, -0.2) is 0 Å². The molecule has 25 heavy (non-hydrogen) atoms. The lowest BCUT2D eigenvalue weighted by Gasteiger charge is -2.13. The maximum atomic E-state index is 12.2. The first kappa shape index (κ1) is 19.0. The Labute approximate surface area is 152 Å². The summed E-state index contributed by atoms with van der Waals surface area (Å²) >= 11 is 0. The van der Waals surface area contributed by atoms with Gasteiger partial charge >= 0.3 is 0 Å². The number of hydrogen-bond acceptors (Lipinski definition) is 4. The highest BCUT2D eigenvalue weighted by atomic mass is 35.5. The Morgan fingerprint density at radius 3 is 2.52 bits per heavy atom. The van der Waals surface area contributed by atoms with Gasteiger partial charge in [0.05, 0.1) is 0 Å². The third-order valence-corrected chi connectivity index (χ3v) is 4.03. The summed E-state index contributed by atoms with van der Waals surface area (Å²) in [7, 11) is 0. The van der Waals surface area contributed by atoms with E-state index in [1.54, 1.807) is 12.1 Å². The Kier molecular flexibility index (Phi) is 6.55. The molecule has 2 heterocycles. The zero-order chi connectivity index (χ0) is 16.9. The quantitative estimate of drug-likeness (QED) is 0.594. The van der Waals surface area contributed by atoms with E-state index in [0.717, 1.165) is 29.8 Å². The average molecular weight is 364 g/mol. The fourth-order valence-electron chi connectivity index (χ4n) is 2.66. The summed E-state index contributed by atoms with van der Waals surface area (Å²) in [6.45, 7) is 4.23. The highest BCUT2D eigenvalue weighted by Crippen LogP contribution is 2.14. The Balaban J connectivity index is 0.00000225. The number of nitrogens with zero attached hydrogens (tertiary/aromatic N) is 1. The molecule has 2 aromatic rings. The van der Waals surface area contributed by atoms with Crippen LogP contribution < -0.4 is 16.0 Å². The molecular formula is C17H22ClN5O2. The molecule has 1 aromatic heterocycles. The van der Waals surface area contributed by atoms with Crippen molar-refractivity contribution in [1.82, 2.24) is 26.1 Å². The average Bonchev–Trinajstić information content (AvgIpc) is 3.03. The number of carbonyl (C=O) groups excluding carboxylic acids is 2. The number of aromatic amines is 1. The van der Waals surface area contributed by atoms with Crippen LogP contribution in [0.3, 0.4) is 0 Å². The molecule has 0 fully saturated rings. The third kappa shape index (κ3) is 4.58. The van der Waals surface area contributed by atoms with Gasteiger partial charge in [-0.3, -0.25) is 14.7 Å². The van der Waals surface area contributed by atoms with Gasteiger partial charge in [-0.2, -0.15) is 5.10 Å². The van der Waals surface area contributed by atoms with Gasteiger partial charge in [-0.1, -0.05) is 17.7 Å². The fourth-order valence-corrected chi connectivity index (χ4v) is 2.66. The molecule has 1 aromatic carbocycles. The number of hydrogen-bond donors (Lipinski definition) is 4. The van der Waals surface area contributed by atoms with Crippen LogP contribution in [0.15, 0.2) is 24.3 Å². The Hall–Kier alpha value is -2.38. The molecule has 8 heteroatoms. The van der Waals surface area contributed by atoms with E-state index in [4.69, 9.17) is 0 Å². The largest absolute Gasteiger partial charge is 0.350 e. The maximum absolute atomic E-state index is 12.2. The lowest BCUT2D eigenvalue weighted by Crippen LogP contribution is -2.35. The highest BCUT2D eigenvalue weighted by molar-refractivity contribution is 5.95. The first-order valence-electron chi connectivity index (χ1n) is 8.05. The number of carbonyl (C=O) groups is 2. The summed E-state index contributed by atoms with van der Waals surface area (Å²) < 4.78 is 0. The molecule has 0 unspecified atom stereocenters. The van der Waals surface area contributed by atoms with Crippen LogP contribution in [0.25, 0.3) is 0 Å². The summed E-state index contributed by atoms with van der Waals surface area (Å²) in [5.41, 5.74) is 4.10. The predicted octanol–water partition coefficient (Wildman–Crippen LogP) is 0.945. The zero-order valence-corrected chi connectivity index (χ0v) is 14.8. The van der Waals surface area contributed by atoms with Gasteiger partial charge in [-0.15, -0.1) is 12.4 Å². The maximum Gasteiger partial charge on any atom is 0.272 e. The lowest BCUT2D eigenvalue weighted by molar-refractivity contribution is 0.0924. The highest BCUT2D eigenvalue weighted by Gasteiger charge is 2.21. The van der Waals surface area contributed by atoms with Gasteiger partial charge in [0.2, 0.25) is 0 Å². The van der Waals surface area contributed by atoms with Gasteiger partial charge in [0.1, 0.15) is 0 Å². The Morgan fingerprint density at radius 1 is 1.12 bits per heavy atom. The number of aromatic nitrogens is 2. The molecule has 7 nitrogen and oxygen atoms in total. The summed E-state index contributed by atoms with van der Waals surface area (Å²) in [4.78, 5) is 24.2. The van der Waals surface area contributed by atoms with Gasteiger partial charge in [0.25, 0.3) is 11.8 Å². The number of benzene rings is 1. The van der Waals surface area contributed by atoms with Crippen LogP contribution in [0.1, 0.15) is 37.7 Å². The molecule has 0 radical (unpaired) electrons. The van der Waals surface area contributed by atoms with Crippen molar-refractivity contribution in [2.75, 3.05) is 19.6 Å². The third-order valence-electron chi connectivity index (χ3n) is 4.03. The molecule has 134 valence electrons. The molecule has 0 aliphatic carbocycles. The van der Waals surface area contributed by atoms with E-state index in [0.29, 0.717) is 30.9 Å². The van der Waals surface area contributed by atoms with Crippen LogP contribution in [0.2, 0.25) is 0 Å². The molecule has 0 saturated carbocycles. The fraction of sp³-hybridized carbons (Fsp3) is 0.353. The van der Waals surface area contributed by atoms with Crippen molar-refractivity contribution in [3.8, 4) is 0 Å². The number of aryl methyl sites for hydroxylation is 1. The van der Waals surface area contributed by atoms with E-state index >= 15 is 0 Å². The number of amides is 2. The number of rotatable bonds is 5. The van der Waals surface area contributed by atoms with Crippen molar-refractivity contribution in [2.45, 2.75) is 19.9 Å². The van der Waals surface area contributed by atoms with E-state index in [1.807, 2.05) is 19.1 Å². The molecule has 4 N–H and O–H groups in total. The van der Waals surface area contributed by atoms with Crippen LogP contribution in [-0.4, -0.2) is 41.6 Å². The molecule has 0 bridgehead atoms. The zero-order valence-electron chi connectivity index (χ0n) is 14.0. The summed E-state index contributed by atoms with van der Waals surface area (Å²) in [6.07, 6.45) is 0.849. The van der Waals surface area contributed by atoms with Gasteiger partial charge < -0.3 is 16.0 Å². The second-order valence-electron chi connectivity index (χ2n) is 5.83. The first-order chi connectivity index (χ1) is 11.6. The minimum Gasteiger partial charge on any atom is -0.350 e. The van der Waals surface area contributed by atoms with Gasteiger partial charge in [0, 0.05) is 49.4 Å². The monoisotopic (exact) mass is 363 g/mol. The Bertz CT molecular complexity index is 742. The minimum atomic E-state index is -0.221. The van der Waals surface area contributed by atoms with E-state index in [9.17, 15) is 9.59 Å². The second kappa shape index (κ2) is 8.64. The van der Waals surface area contributed by atoms with Crippen LogP contribution in [-0.2, 0) is 13.0 Å². The van der Waals surface area contributed by atoms with Crippen molar-refractivity contribution in [3.63, 3.8) is 0 Å². The van der Waals surface area contributed by atoms with Crippen LogP contribution >= 0.6 is 12.4 Å². The van der Waals surface area contributed by atoms with Crippen LogP contribution in [0, 0.1) is 6.92 Å². The Morgan fingerprint density at radius 2 is 1.80 bits per heavy atom. The minimum absolute atomic E-state index is 0. The topological polar surface area (TPSA) is 98.9 Å². The molecule has 0 spiro atoms. The number of nitrogens with one attached hydrogen (secondary N) is 4. The van der Waals surface area contributed by atoms with E-state index in [1.165, 1.54) is 0 Å². The van der Waals surface area contributed by atoms with Crippen molar-refractivity contribution in [3.05, 3.63) is 52.3 Å². The smallest absolute Gasteiger partial charge is 0.272 e. The molecule has 0 saturated heterocycles. The van der Waals surface area contributed by atoms with E-state index in [-0.39, 0.29) is 24.2 Å². The first-order valence-corrected chi connectivity index (χ1v) is 8.05. The molecule has 1 aliphatic rings. The molecule has 2 amide bonds. The van der Waals surface area contributed by atoms with Gasteiger partial charge in [0.15, 0.2) is 5.69 Å². The van der Waals surface area contributed by atoms with Crippen molar-refractivity contribution in [1.29, 1.82) is 0 Å². The molecule has 3 rings (SSSR count). The van der Waals surface area contributed by atoms with Crippen LogP contribution in [0.5, 0.6) is 0 Å². The molecular weight excluding hydrogens is 342 g/mol. The van der Waals surface area contributed by atoms with Crippen molar-refractivity contribution in [2.24, 2.45) is 0 Å². The number of halogens is 1. The van der Waals surface area contributed by atoms with E-state index in [2.05, 4.69) is 26.1 Å². The summed E-state index contributed by atoms with van der Waals surface area (Å²) in [6, 6.07) is 7.36. The van der Waals surface area contributed by atoms with Crippen molar-refractivity contribution < 1.29 is 9.59 Å². The molecule has 0 atom stereocenters. The number of fused-ring (bicyclic) bond motifs is 1. The summed E-state index contributed by atoms with van der Waals surface area (Å²) in [5, 5.41) is 15.8. The summed E-state index contributed by atoms with van der Waals surface area (Å²) in [5.74, 6) is -0.369.